The van der Waals surface area contributed by atoms with Gasteiger partial charge in [-0.1, -0.05) is 13.8 Å². The molecule has 13 atom stereocenters. The number of carbonyl (C=O) groups excluding carboxylic acids is 2. The van der Waals surface area contributed by atoms with Gasteiger partial charge in [-0.15, -0.1) is 0 Å². The Morgan fingerprint density at radius 2 is 1.82 bits per heavy atom. The van der Waals surface area contributed by atoms with Crippen molar-refractivity contribution < 1.29 is 43.9 Å². The number of carbonyl (C=O) groups is 2. The number of aliphatic hydroxyl groups excluding tert-OH is 2. The summed E-state index contributed by atoms with van der Waals surface area (Å²) in [5.41, 5.74) is -0.851. The highest BCUT2D eigenvalue weighted by Crippen LogP contribution is 2.69. The van der Waals surface area contributed by atoms with Crippen LogP contribution in [0.4, 0.5) is 0 Å². The molecule has 0 unspecified atom stereocenters. The Morgan fingerprint density at radius 3 is 2.51 bits per heavy atom. The van der Waals surface area contributed by atoms with Crippen molar-refractivity contribution in [3.05, 3.63) is 11.6 Å². The molecule has 6 aliphatic rings. The maximum absolute atomic E-state index is 14.0. The highest BCUT2D eigenvalue weighted by atomic mass is 16.7. The summed E-state index contributed by atoms with van der Waals surface area (Å²) in [6.45, 7) is 6.30. The fraction of sp³-hybridized carbons (Fsp3) is 0.867. The first-order chi connectivity index (χ1) is 18.4. The molecular formula is C30H44O9. The second kappa shape index (κ2) is 9.60. The van der Waals surface area contributed by atoms with Crippen LogP contribution in [0, 0.1) is 34.5 Å². The van der Waals surface area contributed by atoms with Gasteiger partial charge in [0, 0.05) is 30.9 Å². The maximum atomic E-state index is 14.0. The first kappa shape index (κ1) is 27.8. The van der Waals surface area contributed by atoms with Crippen molar-refractivity contribution in [3.63, 3.8) is 0 Å². The van der Waals surface area contributed by atoms with Gasteiger partial charge < -0.3 is 34.3 Å². The van der Waals surface area contributed by atoms with Crippen molar-refractivity contribution in [3.8, 4) is 0 Å². The third kappa shape index (κ3) is 4.02. The first-order valence-electron chi connectivity index (χ1n) is 14.7. The zero-order valence-corrected chi connectivity index (χ0v) is 23.5. The smallest absolute Gasteiger partial charge is 0.331 e. The molecule has 2 aliphatic heterocycles. The predicted molar refractivity (Wildman–Crippen MR) is 138 cm³/mol. The molecule has 6 rings (SSSR count). The zero-order chi connectivity index (χ0) is 27.9. The number of methoxy groups -OCH3 is 1. The number of hydrogen-bond acceptors (Lipinski definition) is 9. The molecule has 0 radical (unpaired) electrons. The third-order valence-electron chi connectivity index (χ3n) is 12.0. The summed E-state index contributed by atoms with van der Waals surface area (Å²) in [4.78, 5) is 25.8. The number of cyclic esters (lactones) is 1. The van der Waals surface area contributed by atoms with Gasteiger partial charge in [-0.3, -0.25) is 4.79 Å². The van der Waals surface area contributed by atoms with Crippen LogP contribution in [0.2, 0.25) is 0 Å². The number of fused-ring (bicyclic) bond motifs is 5. The normalized spacial score (nSPS) is 53.5. The Balaban J connectivity index is 1.19. The molecule has 9 nitrogen and oxygen atoms in total. The number of rotatable bonds is 4. The fourth-order valence-electron chi connectivity index (χ4n) is 9.86. The lowest BCUT2D eigenvalue weighted by Gasteiger charge is -2.62. The van der Waals surface area contributed by atoms with Crippen LogP contribution < -0.4 is 0 Å². The average molecular weight is 549 g/mol. The van der Waals surface area contributed by atoms with Crippen molar-refractivity contribution in [1.82, 2.24) is 0 Å². The van der Waals surface area contributed by atoms with Gasteiger partial charge in [0.1, 0.15) is 30.7 Å². The molecule has 1 saturated heterocycles. The van der Waals surface area contributed by atoms with E-state index in [0.29, 0.717) is 12.8 Å². The van der Waals surface area contributed by atoms with Gasteiger partial charge in [0.05, 0.1) is 17.8 Å². The van der Waals surface area contributed by atoms with E-state index >= 15 is 0 Å². The standard InChI is InChI=1S/C30H44O9/c1-15-24(33)26(36-4)25(34)27(38-15)39-18-7-9-28(2)17(12-18)5-6-20-23(28)21(31)13-29(3)19(8-10-30(20,29)35)16-11-22(32)37-14-16/h11,15,17-20,23-27,33-35H,5-10,12-14H2,1-4H3/t15-,17-,18+,19-,20-,23-,24+,25-,26+,27+,28+,29-,30+/m1/s1. The van der Waals surface area contributed by atoms with E-state index in [2.05, 4.69) is 13.8 Å². The van der Waals surface area contributed by atoms with Gasteiger partial charge >= 0.3 is 5.97 Å². The lowest BCUT2D eigenvalue weighted by Crippen LogP contribution is -2.65. The number of hydrogen-bond donors (Lipinski definition) is 3. The Morgan fingerprint density at radius 1 is 1.05 bits per heavy atom. The summed E-state index contributed by atoms with van der Waals surface area (Å²) < 4.78 is 22.6. The highest BCUT2D eigenvalue weighted by Gasteiger charge is 2.70. The Kier molecular flexibility index (Phi) is 6.84. The monoisotopic (exact) mass is 548 g/mol. The molecule has 9 heteroatoms. The molecule has 0 spiro atoms. The van der Waals surface area contributed by atoms with E-state index in [9.17, 15) is 24.9 Å². The first-order valence-corrected chi connectivity index (χ1v) is 14.7. The van der Waals surface area contributed by atoms with Crippen molar-refractivity contribution in [2.75, 3.05) is 13.7 Å². The molecule has 218 valence electrons. The van der Waals surface area contributed by atoms with Crippen LogP contribution in [0.1, 0.15) is 72.1 Å². The highest BCUT2D eigenvalue weighted by molar-refractivity contribution is 5.86. The van der Waals surface area contributed by atoms with E-state index in [1.165, 1.54) is 7.11 Å². The van der Waals surface area contributed by atoms with Crippen molar-refractivity contribution >= 4 is 11.8 Å². The number of esters is 1. The molecular weight excluding hydrogens is 504 g/mol. The number of ether oxygens (including phenoxy) is 4. The average Bonchev–Trinajstić information content (AvgIpc) is 3.42. The summed E-state index contributed by atoms with van der Waals surface area (Å²) in [6, 6.07) is 0. The molecule has 2 heterocycles. The number of ketones is 1. The molecule has 0 aromatic rings. The largest absolute Gasteiger partial charge is 0.458 e. The van der Waals surface area contributed by atoms with Crippen LogP contribution in [0.5, 0.6) is 0 Å². The van der Waals surface area contributed by atoms with Crippen LogP contribution in [0.15, 0.2) is 11.6 Å². The second-order valence-corrected chi connectivity index (χ2v) is 13.7. The quantitative estimate of drug-likeness (QED) is 0.358. The van der Waals surface area contributed by atoms with Crippen molar-refractivity contribution in [2.45, 2.75) is 115 Å². The van der Waals surface area contributed by atoms with E-state index in [-0.39, 0.29) is 53.6 Å². The van der Waals surface area contributed by atoms with Crippen LogP contribution in [-0.2, 0) is 28.5 Å². The van der Waals surface area contributed by atoms with E-state index in [4.69, 9.17) is 18.9 Å². The van der Waals surface area contributed by atoms with Gasteiger partial charge in [0.15, 0.2) is 6.29 Å². The molecule has 39 heavy (non-hydrogen) atoms. The minimum Gasteiger partial charge on any atom is -0.458 e. The van der Waals surface area contributed by atoms with Gasteiger partial charge in [-0.25, -0.2) is 4.79 Å². The number of aliphatic hydroxyl groups is 3. The van der Waals surface area contributed by atoms with Gasteiger partial charge in [-0.2, -0.15) is 0 Å². The van der Waals surface area contributed by atoms with E-state index in [1.54, 1.807) is 13.0 Å². The van der Waals surface area contributed by atoms with Crippen molar-refractivity contribution in [1.29, 1.82) is 0 Å². The van der Waals surface area contributed by atoms with Crippen LogP contribution in [0.25, 0.3) is 0 Å². The summed E-state index contributed by atoms with van der Waals surface area (Å²) in [5.74, 6) is -0.142. The lowest BCUT2D eigenvalue weighted by molar-refractivity contribution is -0.312. The Labute approximate surface area is 230 Å². The van der Waals surface area contributed by atoms with Gasteiger partial charge in [-0.05, 0) is 80.6 Å². The van der Waals surface area contributed by atoms with Crippen LogP contribution in [-0.4, -0.2) is 83.2 Å². The lowest BCUT2D eigenvalue weighted by atomic mass is 9.43. The van der Waals surface area contributed by atoms with E-state index < -0.39 is 41.7 Å². The van der Waals surface area contributed by atoms with Gasteiger partial charge in [0.25, 0.3) is 0 Å². The SMILES string of the molecule is CO[C@H]1[C@@H](O)[C@@H](C)O[C@@H](O[C@H]2CC[C@@]3(C)[C@H](CC[C@@H]4[C@@H]3C(=O)C[C@]3(C)[C@@H](C5=CC(=O)OC5)CC[C@]43O)C2)[C@@H]1O. The summed E-state index contributed by atoms with van der Waals surface area (Å²) in [6.07, 6.45) is 2.94. The molecule has 0 aromatic carbocycles. The van der Waals surface area contributed by atoms with E-state index in [1.807, 2.05) is 0 Å². The molecule has 4 aliphatic carbocycles. The molecule has 0 amide bonds. The minimum atomic E-state index is -1.09. The molecule has 5 fully saturated rings. The van der Waals surface area contributed by atoms with Crippen LogP contribution in [0.3, 0.4) is 0 Å². The molecule has 3 N–H and O–H groups in total. The van der Waals surface area contributed by atoms with E-state index in [0.717, 1.165) is 44.1 Å². The second-order valence-electron chi connectivity index (χ2n) is 13.7. The summed E-state index contributed by atoms with van der Waals surface area (Å²) >= 11 is 0. The molecule has 0 bridgehead atoms. The van der Waals surface area contributed by atoms with Gasteiger partial charge in [0.2, 0.25) is 0 Å². The summed E-state index contributed by atoms with van der Waals surface area (Å²) in [7, 11) is 1.46. The minimum absolute atomic E-state index is 0.0210. The maximum Gasteiger partial charge on any atom is 0.331 e. The Bertz CT molecular complexity index is 1040. The molecule has 0 aromatic heterocycles. The summed E-state index contributed by atoms with van der Waals surface area (Å²) in [5, 5.41) is 33.4. The van der Waals surface area contributed by atoms with Crippen LogP contribution >= 0.6 is 0 Å². The molecule has 4 saturated carbocycles. The third-order valence-corrected chi connectivity index (χ3v) is 12.0. The number of Topliss-reactive ketones (excluding diaryl/α,β-unsaturated/α-hetero) is 1. The predicted octanol–water partition coefficient (Wildman–Crippen LogP) is 2.29. The Hall–Kier alpha value is -1.36. The topological polar surface area (TPSA) is 132 Å². The zero-order valence-electron chi connectivity index (χ0n) is 23.5. The fourth-order valence-corrected chi connectivity index (χ4v) is 9.86. The van der Waals surface area contributed by atoms with Crippen molar-refractivity contribution in [2.24, 2.45) is 34.5 Å².